The van der Waals surface area contributed by atoms with Gasteiger partial charge in [-0.1, -0.05) is 38.1 Å². The summed E-state index contributed by atoms with van der Waals surface area (Å²) in [6, 6.07) is 12.6. The average Bonchev–Trinajstić information content (AvgIpc) is 3.16. The molecule has 5 heteroatoms. The van der Waals surface area contributed by atoms with E-state index in [0.717, 1.165) is 22.7 Å². The topological polar surface area (TPSA) is 49.0 Å². The fraction of sp³-hybridized carbons (Fsp3) is 0.429. The summed E-state index contributed by atoms with van der Waals surface area (Å²) in [5.41, 5.74) is 4.65. The summed E-state index contributed by atoms with van der Waals surface area (Å²) in [6.07, 6.45) is -0.184. The standard InChI is InChI=1S/C21H23NO4/c1-12(2)13-6-7-16-15(10-13)20-21(24-9-8-23-20)18(22-16)14-4-3-5-17-19(14)26-11-25-17/h3-7,10,12,18,20-22H,8-9,11H2,1-2H3. The Kier molecular flexibility index (Phi) is 3.80. The number of hydrogen-bond acceptors (Lipinski definition) is 5. The number of benzene rings is 2. The quantitative estimate of drug-likeness (QED) is 0.878. The lowest BCUT2D eigenvalue weighted by atomic mass is 9.85. The third kappa shape index (κ3) is 2.46. The van der Waals surface area contributed by atoms with E-state index in [9.17, 15) is 0 Å². The number of anilines is 1. The van der Waals surface area contributed by atoms with Crippen LogP contribution in [0.4, 0.5) is 5.69 Å². The van der Waals surface area contributed by atoms with Crippen molar-refractivity contribution in [2.24, 2.45) is 0 Å². The molecule has 0 saturated carbocycles. The van der Waals surface area contributed by atoms with Gasteiger partial charge in [0.05, 0.1) is 19.3 Å². The first-order valence-corrected chi connectivity index (χ1v) is 9.24. The number of fused-ring (bicyclic) bond motifs is 4. The highest BCUT2D eigenvalue weighted by molar-refractivity contribution is 5.61. The first-order valence-electron chi connectivity index (χ1n) is 9.24. The molecule has 3 heterocycles. The third-order valence-electron chi connectivity index (χ3n) is 5.44. The lowest BCUT2D eigenvalue weighted by Gasteiger charge is -2.43. The summed E-state index contributed by atoms with van der Waals surface area (Å²) in [6.45, 7) is 5.90. The summed E-state index contributed by atoms with van der Waals surface area (Å²) in [4.78, 5) is 0. The predicted molar refractivity (Wildman–Crippen MR) is 97.9 cm³/mol. The summed E-state index contributed by atoms with van der Waals surface area (Å²) in [7, 11) is 0. The third-order valence-corrected chi connectivity index (χ3v) is 5.44. The molecule has 0 amide bonds. The Balaban J connectivity index is 1.60. The maximum Gasteiger partial charge on any atom is 0.231 e. The summed E-state index contributed by atoms with van der Waals surface area (Å²) < 4.78 is 23.7. The summed E-state index contributed by atoms with van der Waals surface area (Å²) in [5, 5.41) is 3.67. The van der Waals surface area contributed by atoms with Crippen LogP contribution in [0.5, 0.6) is 11.5 Å². The van der Waals surface area contributed by atoms with Crippen molar-refractivity contribution >= 4 is 5.69 Å². The minimum atomic E-state index is -0.102. The van der Waals surface area contributed by atoms with Crippen LogP contribution in [0.3, 0.4) is 0 Å². The molecule has 3 aliphatic heterocycles. The normalized spacial score (nSPS) is 26.2. The Morgan fingerprint density at radius 3 is 2.77 bits per heavy atom. The molecular weight excluding hydrogens is 330 g/mol. The highest BCUT2D eigenvalue weighted by atomic mass is 16.7. The first-order chi connectivity index (χ1) is 12.7. The number of rotatable bonds is 2. The lowest BCUT2D eigenvalue weighted by Crippen LogP contribution is -2.43. The van der Waals surface area contributed by atoms with Crippen molar-refractivity contribution in [1.29, 1.82) is 0 Å². The van der Waals surface area contributed by atoms with E-state index < -0.39 is 0 Å². The van der Waals surface area contributed by atoms with Crippen LogP contribution in [0.1, 0.15) is 48.6 Å². The maximum atomic E-state index is 6.18. The molecular formula is C21H23NO4. The molecule has 5 nitrogen and oxygen atoms in total. The number of nitrogens with one attached hydrogen (secondary N) is 1. The van der Waals surface area contributed by atoms with Crippen LogP contribution < -0.4 is 14.8 Å². The molecule has 3 unspecified atom stereocenters. The second-order valence-electron chi connectivity index (χ2n) is 7.33. The van der Waals surface area contributed by atoms with Gasteiger partial charge in [-0.2, -0.15) is 0 Å². The summed E-state index contributed by atoms with van der Waals surface area (Å²) >= 11 is 0. The van der Waals surface area contributed by atoms with E-state index in [0.29, 0.717) is 19.1 Å². The second kappa shape index (κ2) is 6.18. The SMILES string of the molecule is CC(C)c1ccc2c(c1)C1OCCOC1C(c1cccc3c1OCO3)N2. The molecule has 1 saturated heterocycles. The molecule has 1 N–H and O–H groups in total. The molecule has 1 fully saturated rings. The highest BCUT2D eigenvalue weighted by Crippen LogP contribution is 2.48. The monoisotopic (exact) mass is 353 g/mol. The first kappa shape index (κ1) is 16.0. The van der Waals surface area contributed by atoms with Crippen molar-refractivity contribution in [3.63, 3.8) is 0 Å². The maximum absolute atomic E-state index is 6.18. The van der Waals surface area contributed by atoms with Crippen LogP contribution in [0, 0.1) is 0 Å². The zero-order valence-corrected chi connectivity index (χ0v) is 15.0. The van der Waals surface area contributed by atoms with Crippen molar-refractivity contribution in [1.82, 2.24) is 0 Å². The fourth-order valence-corrected chi connectivity index (χ4v) is 4.09. The van der Waals surface area contributed by atoms with E-state index in [1.165, 1.54) is 11.1 Å². The molecule has 0 spiro atoms. The Labute approximate surface area is 153 Å². The van der Waals surface area contributed by atoms with Crippen LogP contribution in [-0.2, 0) is 9.47 Å². The van der Waals surface area contributed by atoms with Gasteiger partial charge < -0.3 is 24.3 Å². The van der Waals surface area contributed by atoms with Gasteiger partial charge in [-0.25, -0.2) is 0 Å². The summed E-state index contributed by atoms with van der Waals surface area (Å²) in [5.74, 6) is 2.07. The minimum Gasteiger partial charge on any atom is -0.454 e. The van der Waals surface area contributed by atoms with Gasteiger partial charge in [0.1, 0.15) is 12.2 Å². The van der Waals surface area contributed by atoms with Crippen LogP contribution >= 0.6 is 0 Å². The van der Waals surface area contributed by atoms with Crippen LogP contribution in [0.15, 0.2) is 36.4 Å². The van der Waals surface area contributed by atoms with Gasteiger partial charge in [-0.3, -0.25) is 0 Å². The number of para-hydroxylation sites is 1. The van der Waals surface area contributed by atoms with Crippen molar-refractivity contribution in [3.8, 4) is 11.5 Å². The lowest BCUT2D eigenvalue weighted by molar-refractivity contribution is -0.151. The molecule has 0 aliphatic carbocycles. The molecule has 136 valence electrons. The van der Waals surface area contributed by atoms with E-state index in [2.05, 4.69) is 43.4 Å². The van der Waals surface area contributed by atoms with E-state index in [4.69, 9.17) is 18.9 Å². The molecule has 5 rings (SSSR count). The molecule has 0 radical (unpaired) electrons. The second-order valence-corrected chi connectivity index (χ2v) is 7.33. The van der Waals surface area contributed by atoms with E-state index in [1.807, 2.05) is 12.1 Å². The van der Waals surface area contributed by atoms with Gasteiger partial charge in [0.2, 0.25) is 6.79 Å². The van der Waals surface area contributed by atoms with Gasteiger partial charge >= 0.3 is 0 Å². The smallest absolute Gasteiger partial charge is 0.231 e. The van der Waals surface area contributed by atoms with Crippen molar-refractivity contribution in [2.75, 3.05) is 25.3 Å². The van der Waals surface area contributed by atoms with Crippen molar-refractivity contribution in [3.05, 3.63) is 53.1 Å². The van der Waals surface area contributed by atoms with E-state index in [-0.39, 0.29) is 25.0 Å². The van der Waals surface area contributed by atoms with Crippen molar-refractivity contribution in [2.45, 2.75) is 38.0 Å². The fourth-order valence-electron chi connectivity index (χ4n) is 4.09. The number of hydrogen-bond donors (Lipinski definition) is 1. The molecule has 2 aromatic rings. The van der Waals surface area contributed by atoms with E-state index in [1.54, 1.807) is 0 Å². The van der Waals surface area contributed by atoms with Crippen LogP contribution in [0.2, 0.25) is 0 Å². The van der Waals surface area contributed by atoms with Gasteiger partial charge in [-0.15, -0.1) is 0 Å². The Bertz CT molecular complexity index is 835. The Hall–Kier alpha value is -2.24. The molecule has 3 aliphatic rings. The van der Waals surface area contributed by atoms with Crippen LogP contribution in [-0.4, -0.2) is 26.1 Å². The minimum absolute atomic E-state index is 0.0469. The van der Waals surface area contributed by atoms with Gasteiger partial charge in [0, 0.05) is 16.8 Å². The largest absolute Gasteiger partial charge is 0.454 e. The zero-order chi connectivity index (χ0) is 17.7. The van der Waals surface area contributed by atoms with E-state index >= 15 is 0 Å². The van der Waals surface area contributed by atoms with Gasteiger partial charge in [0.25, 0.3) is 0 Å². The Morgan fingerprint density at radius 1 is 1.00 bits per heavy atom. The molecule has 0 bridgehead atoms. The molecule has 2 aromatic carbocycles. The predicted octanol–water partition coefficient (Wildman–Crippen LogP) is 4.16. The highest BCUT2D eigenvalue weighted by Gasteiger charge is 2.43. The molecule has 0 aromatic heterocycles. The average molecular weight is 353 g/mol. The molecule has 26 heavy (non-hydrogen) atoms. The van der Waals surface area contributed by atoms with Crippen LogP contribution in [0.25, 0.3) is 0 Å². The number of ether oxygens (including phenoxy) is 4. The zero-order valence-electron chi connectivity index (χ0n) is 15.0. The van der Waals surface area contributed by atoms with Gasteiger partial charge in [0.15, 0.2) is 11.5 Å². The Morgan fingerprint density at radius 2 is 1.88 bits per heavy atom. The molecule has 3 atom stereocenters. The van der Waals surface area contributed by atoms with Gasteiger partial charge in [-0.05, 0) is 23.6 Å². The van der Waals surface area contributed by atoms with Crippen molar-refractivity contribution < 1.29 is 18.9 Å².